The van der Waals surface area contributed by atoms with Crippen LogP contribution < -0.4 is 5.32 Å². The van der Waals surface area contributed by atoms with Gasteiger partial charge in [0.2, 0.25) is 15.7 Å². The number of aromatic nitrogens is 2. The van der Waals surface area contributed by atoms with E-state index in [0.717, 1.165) is 0 Å². The van der Waals surface area contributed by atoms with Crippen LogP contribution in [0.15, 0.2) is 9.64 Å². The van der Waals surface area contributed by atoms with Crippen LogP contribution in [0.25, 0.3) is 0 Å². The van der Waals surface area contributed by atoms with Gasteiger partial charge < -0.3 is 19.2 Å². The third-order valence-corrected chi connectivity index (χ3v) is 3.72. The van der Waals surface area contributed by atoms with Crippen molar-refractivity contribution in [3.05, 3.63) is 5.89 Å². The van der Waals surface area contributed by atoms with Gasteiger partial charge in [0, 0.05) is 0 Å². The van der Waals surface area contributed by atoms with Gasteiger partial charge in [-0.25, -0.2) is 13.2 Å². The highest BCUT2D eigenvalue weighted by molar-refractivity contribution is 7.91. The second kappa shape index (κ2) is 7.60. The minimum atomic E-state index is -4.11. The zero-order chi connectivity index (χ0) is 18.5. The Balaban J connectivity index is 2.77. The maximum atomic E-state index is 12.0. The molecule has 1 amide bonds. The molecule has 0 fully saturated rings. The van der Waals surface area contributed by atoms with Crippen molar-refractivity contribution in [3.8, 4) is 0 Å². The first kappa shape index (κ1) is 19.9. The van der Waals surface area contributed by atoms with Gasteiger partial charge in [0.25, 0.3) is 0 Å². The van der Waals surface area contributed by atoms with Gasteiger partial charge in [-0.15, -0.1) is 5.10 Å². The molecule has 1 rings (SSSR count). The molecular formula is C13H21N3O7S. The van der Waals surface area contributed by atoms with Crippen LogP contribution in [0.3, 0.4) is 0 Å². The summed E-state index contributed by atoms with van der Waals surface area (Å²) in [6.07, 6.45) is -0.718. The molecule has 0 radical (unpaired) electrons. The van der Waals surface area contributed by atoms with E-state index in [2.05, 4.69) is 20.3 Å². The Labute approximate surface area is 139 Å². The predicted molar refractivity (Wildman–Crippen MR) is 80.8 cm³/mol. The van der Waals surface area contributed by atoms with Crippen molar-refractivity contribution in [3.63, 3.8) is 0 Å². The summed E-state index contributed by atoms with van der Waals surface area (Å²) >= 11 is 0. The Hall–Kier alpha value is -2.17. The molecule has 136 valence electrons. The van der Waals surface area contributed by atoms with E-state index in [-0.39, 0.29) is 12.5 Å². The molecule has 1 aromatic heterocycles. The fraction of sp³-hybridized carbons (Fsp3) is 0.692. The number of nitrogens with one attached hydrogen (secondary N) is 1. The second-order valence-corrected chi connectivity index (χ2v) is 7.71. The predicted octanol–water partition coefficient (Wildman–Crippen LogP) is 0.992. The summed E-state index contributed by atoms with van der Waals surface area (Å²) in [6.45, 7) is 8.22. The van der Waals surface area contributed by atoms with Gasteiger partial charge in [-0.1, -0.05) is 5.10 Å². The van der Waals surface area contributed by atoms with Crippen LogP contribution in [-0.4, -0.2) is 48.6 Å². The third kappa shape index (κ3) is 6.14. The van der Waals surface area contributed by atoms with E-state index in [1.54, 1.807) is 27.7 Å². The number of hydrogen-bond donors (Lipinski definition) is 1. The number of sulfone groups is 1. The number of rotatable bonds is 6. The molecule has 24 heavy (non-hydrogen) atoms. The number of carbonyl (C=O) groups is 2. The normalized spacial score (nSPS) is 13.2. The quantitative estimate of drug-likeness (QED) is 0.733. The Morgan fingerprint density at radius 1 is 1.29 bits per heavy atom. The topological polar surface area (TPSA) is 138 Å². The summed E-state index contributed by atoms with van der Waals surface area (Å²) in [5.74, 6) is -1.96. The Morgan fingerprint density at radius 3 is 2.46 bits per heavy atom. The van der Waals surface area contributed by atoms with Crippen molar-refractivity contribution >= 4 is 21.9 Å². The van der Waals surface area contributed by atoms with Gasteiger partial charge in [0.05, 0.1) is 6.61 Å². The number of hydrogen-bond acceptors (Lipinski definition) is 9. The molecule has 0 saturated heterocycles. The first-order valence-corrected chi connectivity index (χ1v) is 8.81. The highest BCUT2D eigenvalue weighted by Gasteiger charge is 2.28. The molecule has 1 heterocycles. The third-order valence-electron chi connectivity index (χ3n) is 2.41. The maximum Gasteiger partial charge on any atom is 0.408 e. The Bertz CT molecular complexity index is 691. The second-order valence-electron chi connectivity index (χ2n) is 5.84. The molecular weight excluding hydrogens is 342 g/mol. The van der Waals surface area contributed by atoms with Crippen LogP contribution in [0, 0.1) is 0 Å². The summed E-state index contributed by atoms with van der Waals surface area (Å²) in [5.41, 5.74) is -0.688. The van der Waals surface area contributed by atoms with E-state index in [1.165, 1.54) is 6.92 Å². The molecule has 0 aromatic carbocycles. The lowest BCUT2D eigenvalue weighted by atomic mass is 10.2. The van der Waals surface area contributed by atoms with Gasteiger partial charge in [-0.3, -0.25) is 4.79 Å². The van der Waals surface area contributed by atoms with E-state index >= 15 is 0 Å². The molecule has 11 heteroatoms. The van der Waals surface area contributed by atoms with Crippen LogP contribution in [0.1, 0.15) is 46.6 Å². The lowest BCUT2D eigenvalue weighted by Gasteiger charge is -2.20. The molecule has 1 aromatic rings. The number of amides is 1. The number of ether oxygens (including phenoxy) is 2. The standard InChI is InChI=1S/C13H21N3O7S/c1-6-21-9(17)7-24(19,20)12-16-15-10(22-12)8(2)14-11(18)23-13(3,4)5/h8H,6-7H2,1-5H3,(H,14,18)/t8-/m1/s1. The first-order chi connectivity index (χ1) is 10.9. The van der Waals surface area contributed by atoms with Crippen molar-refractivity contribution < 1.29 is 31.9 Å². The van der Waals surface area contributed by atoms with E-state index in [4.69, 9.17) is 9.15 Å². The SMILES string of the molecule is CCOC(=O)CS(=O)(=O)c1nnc([C@@H](C)NC(=O)OC(C)(C)C)o1. The molecule has 0 aliphatic rings. The van der Waals surface area contributed by atoms with Crippen molar-refractivity contribution in [2.24, 2.45) is 0 Å². The average molecular weight is 363 g/mol. The molecule has 0 spiro atoms. The summed E-state index contributed by atoms with van der Waals surface area (Å²) in [6, 6.07) is -0.779. The van der Waals surface area contributed by atoms with E-state index in [1.807, 2.05) is 0 Å². The average Bonchev–Trinajstić information content (AvgIpc) is 2.85. The van der Waals surface area contributed by atoms with Gasteiger partial charge >= 0.3 is 17.3 Å². The van der Waals surface area contributed by atoms with Gasteiger partial charge in [0.15, 0.2) is 5.75 Å². The van der Waals surface area contributed by atoms with Crippen molar-refractivity contribution in [1.82, 2.24) is 15.5 Å². The zero-order valence-electron chi connectivity index (χ0n) is 14.2. The molecule has 0 aliphatic carbocycles. The lowest BCUT2D eigenvalue weighted by molar-refractivity contribution is -0.139. The van der Waals surface area contributed by atoms with Crippen LogP contribution in [0.2, 0.25) is 0 Å². The van der Waals surface area contributed by atoms with Crippen LogP contribution in [-0.2, 0) is 24.1 Å². The van der Waals surface area contributed by atoms with Gasteiger partial charge in [0.1, 0.15) is 11.6 Å². The monoisotopic (exact) mass is 363 g/mol. The Kier molecular flexibility index (Phi) is 6.29. The minimum absolute atomic E-state index is 0.0558. The lowest BCUT2D eigenvalue weighted by Crippen LogP contribution is -2.34. The zero-order valence-corrected chi connectivity index (χ0v) is 15.0. The summed E-state index contributed by atoms with van der Waals surface area (Å²) in [5, 5.41) is 8.68. The fourth-order valence-electron chi connectivity index (χ4n) is 1.49. The molecule has 10 nitrogen and oxygen atoms in total. The first-order valence-electron chi connectivity index (χ1n) is 7.16. The molecule has 1 N–H and O–H groups in total. The molecule has 0 unspecified atom stereocenters. The summed E-state index contributed by atoms with van der Waals surface area (Å²) in [4.78, 5) is 22.9. The number of esters is 1. The molecule has 0 aliphatic heterocycles. The summed E-state index contributed by atoms with van der Waals surface area (Å²) < 4.78 is 38.6. The van der Waals surface area contributed by atoms with Crippen molar-refractivity contribution in [2.45, 2.75) is 51.5 Å². The number of alkyl carbamates (subject to hydrolysis) is 1. The van der Waals surface area contributed by atoms with E-state index < -0.39 is 44.5 Å². The van der Waals surface area contributed by atoms with Crippen LogP contribution in [0.4, 0.5) is 4.79 Å². The molecule has 0 saturated carbocycles. The Morgan fingerprint density at radius 2 is 1.92 bits per heavy atom. The largest absolute Gasteiger partial charge is 0.465 e. The van der Waals surface area contributed by atoms with E-state index in [0.29, 0.717) is 0 Å². The van der Waals surface area contributed by atoms with Crippen molar-refractivity contribution in [1.29, 1.82) is 0 Å². The van der Waals surface area contributed by atoms with Gasteiger partial charge in [-0.05, 0) is 34.6 Å². The van der Waals surface area contributed by atoms with Crippen LogP contribution >= 0.6 is 0 Å². The fourth-order valence-corrected chi connectivity index (χ4v) is 2.38. The smallest absolute Gasteiger partial charge is 0.408 e. The number of carbonyl (C=O) groups excluding carboxylic acids is 2. The minimum Gasteiger partial charge on any atom is -0.465 e. The highest BCUT2D eigenvalue weighted by Crippen LogP contribution is 2.16. The molecule has 1 atom stereocenters. The number of nitrogens with zero attached hydrogens (tertiary/aromatic N) is 2. The van der Waals surface area contributed by atoms with Crippen molar-refractivity contribution in [2.75, 3.05) is 12.4 Å². The highest BCUT2D eigenvalue weighted by atomic mass is 32.2. The van der Waals surface area contributed by atoms with Gasteiger partial charge in [-0.2, -0.15) is 0 Å². The summed E-state index contributed by atoms with van der Waals surface area (Å²) in [7, 11) is -4.11. The maximum absolute atomic E-state index is 12.0. The van der Waals surface area contributed by atoms with Crippen LogP contribution in [0.5, 0.6) is 0 Å². The van der Waals surface area contributed by atoms with E-state index in [9.17, 15) is 18.0 Å². The molecule has 0 bridgehead atoms.